The zero-order valence-electron chi connectivity index (χ0n) is 27.5. The Hall–Kier alpha value is -1.44. The van der Waals surface area contributed by atoms with E-state index in [4.69, 9.17) is 0 Å². The summed E-state index contributed by atoms with van der Waals surface area (Å²) in [5.41, 5.74) is 0. The monoisotopic (exact) mass is 667 g/mol. The lowest BCUT2D eigenvalue weighted by molar-refractivity contribution is -0.697. The number of aliphatic hydroxyl groups excluding tert-OH is 2. The molecule has 0 saturated heterocycles. The van der Waals surface area contributed by atoms with E-state index in [0.717, 1.165) is 32.2 Å². The number of aryl methyl sites for hydroxylation is 1. The molecular weight excluding hydrogens is 602 g/mol. The first-order valence-electron chi connectivity index (χ1n) is 17.6. The first kappa shape index (κ1) is 41.6. The molecule has 1 heterocycles. The van der Waals surface area contributed by atoms with Crippen LogP contribution in [0.4, 0.5) is 4.79 Å². The number of hydrogen-bond acceptors (Lipinski definition) is 3. The van der Waals surface area contributed by atoms with Gasteiger partial charge in [0.15, 0.2) is 12.4 Å². The van der Waals surface area contributed by atoms with Crippen LogP contribution in [0.2, 0.25) is 0 Å². The summed E-state index contributed by atoms with van der Waals surface area (Å²) >= 11 is 0. The molecule has 0 spiro atoms. The fourth-order valence-electron chi connectivity index (χ4n) is 5.37. The number of aliphatic hydroxyl groups is 2. The van der Waals surface area contributed by atoms with E-state index >= 15 is 0 Å². The summed E-state index contributed by atoms with van der Waals surface area (Å²) in [6, 6.07) is 5.23. The molecule has 0 unspecified atom stereocenters. The molecule has 4 N–H and O–H groups in total. The number of pyridine rings is 1. The number of aromatic nitrogens is 1. The normalized spacial score (nSPS) is 12.6. The smallest absolute Gasteiger partial charge is 0.315 e. The second-order valence-electron chi connectivity index (χ2n) is 12.1. The van der Waals surface area contributed by atoms with Gasteiger partial charge in [0.25, 0.3) is 0 Å². The van der Waals surface area contributed by atoms with Crippen molar-refractivity contribution in [3.63, 3.8) is 0 Å². The van der Waals surface area contributed by atoms with Gasteiger partial charge in [-0.1, -0.05) is 134 Å². The molecule has 2 atom stereocenters. The van der Waals surface area contributed by atoms with Crippen molar-refractivity contribution in [2.75, 3.05) is 13.2 Å². The molecule has 0 fully saturated rings. The topological polar surface area (TPSA) is 85.5 Å². The fraction of sp³-hybridized carbons (Fsp3) is 0.778. The third-order valence-corrected chi connectivity index (χ3v) is 8.14. The van der Waals surface area contributed by atoms with Gasteiger partial charge in [-0.25, -0.2) is 9.36 Å². The van der Waals surface area contributed by atoms with E-state index in [2.05, 4.69) is 52.7 Å². The quantitative estimate of drug-likeness (QED) is 0.0541. The summed E-state index contributed by atoms with van der Waals surface area (Å²) in [6.45, 7) is 3.71. The number of allylic oxidation sites excluding steroid dienone is 1. The maximum atomic E-state index is 12.2. The number of halogens is 1. The standard InChI is InChI=1S/C36H65N3O3.BrH/c1-2-3-4-5-6-7-8-9-10-13-16-19-23-28-35(41)34(33-40)38-36(42)37-29-24-20-17-14-11-12-15-18-21-25-30-39-31-26-22-27-32-39;/h22-23,26-28,31-32,34-35,40-41H,2-21,24-25,29-30,33H2,1H3,(H-,37,38,42);1H/b28-23+;/t34-,35-;/m0./s1. The minimum atomic E-state index is -0.879. The number of unbranched alkanes of at least 4 members (excludes halogenated alkanes) is 20. The van der Waals surface area contributed by atoms with E-state index in [1.165, 1.54) is 116 Å². The third kappa shape index (κ3) is 26.7. The average Bonchev–Trinajstić information content (AvgIpc) is 3.01. The van der Waals surface area contributed by atoms with Crippen molar-refractivity contribution in [2.45, 2.75) is 167 Å². The minimum absolute atomic E-state index is 0. The summed E-state index contributed by atoms with van der Waals surface area (Å²) in [4.78, 5) is 12.2. The van der Waals surface area contributed by atoms with Crippen molar-refractivity contribution in [2.24, 2.45) is 0 Å². The highest BCUT2D eigenvalue weighted by Gasteiger charge is 2.17. The van der Waals surface area contributed by atoms with Gasteiger partial charge in [-0.15, -0.1) is 0 Å². The summed E-state index contributed by atoms with van der Waals surface area (Å²) in [5, 5.41) is 25.6. The largest absolute Gasteiger partial charge is 1.00 e. The SMILES string of the molecule is CCCCCCCCCCCCC/C=C/[C@H](O)[C@H](CO)NC(=O)NCCCCCCCCCCCC[n+]1ccccc1.[Br-]. The van der Waals surface area contributed by atoms with Gasteiger partial charge < -0.3 is 37.8 Å². The number of nitrogens with one attached hydrogen (secondary N) is 2. The zero-order valence-corrected chi connectivity index (χ0v) is 29.1. The molecule has 1 rings (SSSR count). The van der Waals surface area contributed by atoms with Crippen LogP contribution in [0.25, 0.3) is 0 Å². The molecule has 2 amide bonds. The van der Waals surface area contributed by atoms with E-state index in [0.29, 0.717) is 6.54 Å². The van der Waals surface area contributed by atoms with Crippen LogP contribution in [0.1, 0.15) is 148 Å². The lowest BCUT2D eigenvalue weighted by Crippen LogP contribution is -3.00. The highest BCUT2D eigenvalue weighted by Crippen LogP contribution is 2.13. The Bertz CT molecular complexity index is 751. The van der Waals surface area contributed by atoms with E-state index in [-0.39, 0.29) is 29.6 Å². The predicted octanol–water partition coefficient (Wildman–Crippen LogP) is 5.16. The Morgan fingerprint density at radius 2 is 1.21 bits per heavy atom. The summed E-state index contributed by atoms with van der Waals surface area (Å²) in [5.74, 6) is 0. The molecule has 7 heteroatoms. The van der Waals surface area contributed by atoms with E-state index in [9.17, 15) is 15.0 Å². The van der Waals surface area contributed by atoms with Gasteiger partial charge in [0.05, 0.1) is 18.8 Å². The lowest BCUT2D eigenvalue weighted by Gasteiger charge is -2.20. The van der Waals surface area contributed by atoms with Crippen molar-refractivity contribution in [1.82, 2.24) is 10.6 Å². The number of amides is 2. The van der Waals surface area contributed by atoms with Crippen LogP contribution >= 0.6 is 0 Å². The van der Waals surface area contributed by atoms with E-state index < -0.39 is 12.1 Å². The number of rotatable bonds is 29. The van der Waals surface area contributed by atoms with Crippen LogP contribution in [0, 0.1) is 0 Å². The Labute approximate surface area is 275 Å². The van der Waals surface area contributed by atoms with Gasteiger partial charge in [0.2, 0.25) is 0 Å². The maximum Gasteiger partial charge on any atom is 0.315 e. The van der Waals surface area contributed by atoms with Crippen molar-refractivity contribution >= 4 is 6.03 Å². The molecule has 0 aliphatic rings. The molecule has 250 valence electrons. The second kappa shape index (κ2) is 32.0. The lowest BCUT2D eigenvalue weighted by atomic mass is 10.0. The van der Waals surface area contributed by atoms with Crippen molar-refractivity contribution in [3.8, 4) is 0 Å². The number of nitrogens with zero attached hydrogens (tertiary/aromatic N) is 1. The number of hydrogen-bond donors (Lipinski definition) is 4. The summed E-state index contributed by atoms with van der Waals surface area (Å²) in [6.07, 6.45) is 34.9. The van der Waals surface area contributed by atoms with Crippen molar-refractivity contribution < 1.29 is 36.6 Å². The van der Waals surface area contributed by atoms with E-state index in [1.54, 1.807) is 6.08 Å². The Morgan fingerprint density at radius 3 is 1.74 bits per heavy atom. The van der Waals surface area contributed by atoms with Gasteiger partial charge in [-0.2, -0.15) is 0 Å². The zero-order chi connectivity index (χ0) is 30.4. The highest BCUT2D eigenvalue weighted by atomic mass is 79.9. The molecule has 0 aliphatic carbocycles. The molecule has 0 aromatic carbocycles. The second-order valence-corrected chi connectivity index (χ2v) is 12.1. The highest BCUT2D eigenvalue weighted by molar-refractivity contribution is 5.74. The third-order valence-electron chi connectivity index (χ3n) is 8.14. The van der Waals surface area contributed by atoms with Gasteiger partial charge in [-0.05, 0) is 25.7 Å². The molecule has 0 aliphatic heterocycles. The Kier molecular flexibility index (Phi) is 30.9. The molecular formula is C36H66BrN3O3. The van der Waals surface area contributed by atoms with Gasteiger partial charge >= 0.3 is 6.03 Å². The first-order valence-corrected chi connectivity index (χ1v) is 17.6. The Morgan fingerprint density at radius 1 is 0.721 bits per heavy atom. The summed E-state index contributed by atoms with van der Waals surface area (Å²) < 4.78 is 2.26. The summed E-state index contributed by atoms with van der Waals surface area (Å²) in [7, 11) is 0. The minimum Gasteiger partial charge on any atom is -1.00 e. The molecule has 0 radical (unpaired) electrons. The Balaban J connectivity index is 0.0000176. The molecule has 1 aromatic heterocycles. The molecule has 1 aromatic rings. The van der Waals surface area contributed by atoms with Crippen LogP contribution < -0.4 is 32.2 Å². The van der Waals surface area contributed by atoms with Crippen LogP contribution in [0.3, 0.4) is 0 Å². The molecule has 0 saturated carbocycles. The molecule has 0 bridgehead atoms. The van der Waals surface area contributed by atoms with Crippen LogP contribution in [-0.4, -0.2) is 41.5 Å². The van der Waals surface area contributed by atoms with Gasteiger partial charge in [0, 0.05) is 25.1 Å². The number of carbonyl (C=O) groups excluding carboxylic acids is 1. The first-order chi connectivity index (χ1) is 20.7. The van der Waals surface area contributed by atoms with Crippen LogP contribution in [0.15, 0.2) is 42.7 Å². The van der Waals surface area contributed by atoms with Crippen molar-refractivity contribution in [3.05, 3.63) is 42.7 Å². The van der Waals surface area contributed by atoms with E-state index in [1.807, 2.05) is 6.08 Å². The van der Waals surface area contributed by atoms with Gasteiger partial charge in [-0.3, -0.25) is 0 Å². The molecule has 6 nitrogen and oxygen atoms in total. The average molecular weight is 669 g/mol. The van der Waals surface area contributed by atoms with Crippen LogP contribution in [-0.2, 0) is 6.54 Å². The van der Waals surface area contributed by atoms with Crippen LogP contribution in [0.5, 0.6) is 0 Å². The van der Waals surface area contributed by atoms with Gasteiger partial charge in [0.1, 0.15) is 6.54 Å². The molecule has 43 heavy (non-hydrogen) atoms. The maximum absolute atomic E-state index is 12.2. The fourth-order valence-corrected chi connectivity index (χ4v) is 5.37. The van der Waals surface area contributed by atoms with Crippen molar-refractivity contribution in [1.29, 1.82) is 0 Å². The number of carbonyl (C=O) groups is 1. The number of urea groups is 1. The predicted molar refractivity (Wildman–Crippen MR) is 176 cm³/mol.